The SMILES string of the molecule is Cc1c(F)cccc1Nc1ccc(C(N)=S)c(F)c1F. The van der Waals surface area contributed by atoms with Crippen LogP contribution >= 0.6 is 12.2 Å². The Labute approximate surface area is 119 Å². The average Bonchev–Trinajstić information content (AvgIpc) is 2.40. The zero-order valence-corrected chi connectivity index (χ0v) is 11.3. The van der Waals surface area contributed by atoms with Crippen LogP contribution < -0.4 is 11.1 Å². The van der Waals surface area contributed by atoms with Gasteiger partial charge in [0.05, 0.1) is 5.69 Å². The van der Waals surface area contributed by atoms with Gasteiger partial charge < -0.3 is 11.1 Å². The molecule has 2 rings (SSSR count). The highest BCUT2D eigenvalue weighted by atomic mass is 32.1. The molecule has 0 fully saturated rings. The number of thiocarbonyl (C=S) groups is 1. The van der Waals surface area contributed by atoms with Crippen molar-refractivity contribution < 1.29 is 13.2 Å². The van der Waals surface area contributed by atoms with Crippen LogP contribution in [0.3, 0.4) is 0 Å². The van der Waals surface area contributed by atoms with Crippen LogP contribution in [0.5, 0.6) is 0 Å². The van der Waals surface area contributed by atoms with Gasteiger partial charge in [-0.25, -0.2) is 13.2 Å². The maximum atomic E-state index is 13.9. The van der Waals surface area contributed by atoms with E-state index in [1.54, 1.807) is 6.07 Å². The van der Waals surface area contributed by atoms with Crippen molar-refractivity contribution in [2.45, 2.75) is 6.92 Å². The van der Waals surface area contributed by atoms with Crippen LogP contribution in [0.15, 0.2) is 30.3 Å². The molecule has 104 valence electrons. The molecule has 0 saturated heterocycles. The van der Waals surface area contributed by atoms with E-state index in [2.05, 4.69) is 17.5 Å². The van der Waals surface area contributed by atoms with E-state index in [9.17, 15) is 13.2 Å². The van der Waals surface area contributed by atoms with Crippen LogP contribution in [0.25, 0.3) is 0 Å². The molecule has 0 aliphatic rings. The van der Waals surface area contributed by atoms with Crippen LogP contribution in [0.4, 0.5) is 24.5 Å². The molecule has 0 amide bonds. The normalized spacial score (nSPS) is 10.4. The summed E-state index contributed by atoms with van der Waals surface area (Å²) >= 11 is 4.62. The van der Waals surface area contributed by atoms with Gasteiger partial charge in [0.1, 0.15) is 10.8 Å². The topological polar surface area (TPSA) is 38.0 Å². The molecule has 2 aromatic carbocycles. The van der Waals surface area contributed by atoms with Crippen molar-refractivity contribution in [2.75, 3.05) is 5.32 Å². The Kier molecular flexibility index (Phi) is 3.94. The summed E-state index contributed by atoms with van der Waals surface area (Å²) in [7, 11) is 0. The van der Waals surface area contributed by atoms with Gasteiger partial charge in [-0.1, -0.05) is 18.3 Å². The molecule has 2 nitrogen and oxygen atoms in total. The van der Waals surface area contributed by atoms with Crippen LogP contribution in [0.2, 0.25) is 0 Å². The monoisotopic (exact) mass is 296 g/mol. The molecule has 0 bridgehead atoms. The number of hydrogen-bond donors (Lipinski definition) is 2. The summed E-state index contributed by atoms with van der Waals surface area (Å²) in [6, 6.07) is 6.90. The Bertz CT molecular complexity index is 686. The highest BCUT2D eigenvalue weighted by molar-refractivity contribution is 7.80. The van der Waals surface area contributed by atoms with E-state index in [0.29, 0.717) is 11.3 Å². The van der Waals surface area contributed by atoms with E-state index in [1.165, 1.54) is 31.2 Å². The molecule has 0 aliphatic heterocycles. The van der Waals surface area contributed by atoms with E-state index in [0.717, 1.165) is 0 Å². The summed E-state index contributed by atoms with van der Waals surface area (Å²) in [5.74, 6) is -2.67. The first-order valence-corrected chi connectivity index (χ1v) is 6.12. The van der Waals surface area contributed by atoms with Gasteiger partial charge >= 0.3 is 0 Å². The van der Waals surface area contributed by atoms with Crippen LogP contribution in [-0.4, -0.2) is 4.99 Å². The number of rotatable bonds is 3. The lowest BCUT2D eigenvalue weighted by Gasteiger charge is -2.12. The highest BCUT2D eigenvalue weighted by Crippen LogP contribution is 2.26. The zero-order valence-electron chi connectivity index (χ0n) is 10.5. The Balaban J connectivity index is 2.42. The smallest absolute Gasteiger partial charge is 0.182 e. The minimum atomic E-state index is -1.13. The third kappa shape index (κ3) is 2.60. The second kappa shape index (κ2) is 5.50. The molecule has 0 saturated carbocycles. The van der Waals surface area contributed by atoms with Crippen LogP contribution in [0, 0.1) is 24.4 Å². The first-order chi connectivity index (χ1) is 9.41. The van der Waals surface area contributed by atoms with E-state index in [4.69, 9.17) is 5.73 Å². The molecule has 20 heavy (non-hydrogen) atoms. The first kappa shape index (κ1) is 14.3. The quantitative estimate of drug-likeness (QED) is 0.846. The second-order valence-corrected chi connectivity index (χ2v) is 4.63. The molecule has 2 aromatic rings. The number of anilines is 2. The molecular formula is C14H11F3N2S. The number of hydrogen-bond acceptors (Lipinski definition) is 2. The van der Waals surface area contributed by atoms with Gasteiger partial charge in [0.25, 0.3) is 0 Å². The summed E-state index contributed by atoms with van der Waals surface area (Å²) in [5.41, 5.74) is 5.67. The van der Waals surface area contributed by atoms with E-state index >= 15 is 0 Å². The van der Waals surface area contributed by atoms with E-state index < -0.39 is 17.5 Å². The van der Waals surface area contributed by atoms with Crippen molar-refractivity contribution in [2.24, 2.45) is 5.73 Å². The van der Waals surface area contributed by atoms with Gasteiger partial charge in [-0.05, 0) is 31.2 Å². The number of halogens is 3. The second-order valence-electron chi connectivity index (χ2n) is 4.19. The Hall–Kier alpha value is -2.08. The third-order valence-electron chi connectivity index (χ3n) is 2.88. The molecule has 0 aromatic heterocycles. The van der Waals surface area contributed by atoms with Crippen molar-refractivity contribution in [3.8, 4) is 0 Å². The molecule has 0 unspecified atom stereocenters. The largest absolute Gasteiger partial charge is 0.389 e. The maximum Gasteiger partial charge on any atom is 0.182 e. The Morgan fingerprint density at radius 3 is 2.40 bits per heavy atom. The molecule has 0 aliphatic carbocycles. The van der Waals surface area contributed by atoms with Crippen molar-refractivity contribution >= 4 is 28.6 Å². The summed E-state index contributed by atoms with van der Waals surface area (Å²) in [6.07, 6.45) is 0. The average molecular weight is 296 g/mol. The summed E-state index contributed by atoms with van der Waals surface area (Å²) in [5, 5.41) is 2.65. The third-order valence-corrected chi connectivity index (χ3v) is 3.10. The minimum Gasteiger partial charge on any atom is -0.389 e. The predicted molar refractivity (Wildman–Crippen MR) is 76.7 cm³/mol. The molecular weight excluding hydrogens is 285 g/mol. The fourth-order valence-electron chi connectivity index (χ4n) is 1.72. The van der Waals surface area contributed by atoms with Gasteiger partial charge in [0.15, 0.2) is 11.6 Å². The molecule has 0 atom stereocenters. The van der Waals surface area contributed by atoms with E-state index in [-0.39, 0.29) is 16.2 Å². The van der Waals surface area contributed by atoms with Crippen molar-refractivity contribution in [3.05, 3.63) is 58.9 Å². The maximum absolute atomic E-state index is 13.9. The fraction of sp³-hybridized carbons (Fsp3) is 0.0714. The molecule has 0 radical (unpaired) electrons. The standard InChI is InChI=1S/C14H11F3N2S/c1-7-9(15)3-2-4-10(7)19-11-6-5-8(14(18)20)12(16)13(11)17/h2-6,19H,1H3,(H2,18,20). The van der Waals surface area contributed by atoms with Gasteiger partial charge in [-0.15, -0.1) is 0 Å². The fourth-order valence-corrected chi connectivity index (χ4v) is 1.88. The van der Waals surface area contributed by atoms with Crippen LogP contribution in [-0.2, 0) is 0 Å². The van der Waals surface area contributed by atoms with Gasteiger partial charge in [0.2, 0.25) is 0 Å². The number of nitrogens with one attached hydrogen (secondary N) is 1. The lowest BCUT2D eigenvalue weighted by molar-refractivity contribution is 0.510. The lowest BCUT2D eigenvalue weighted by atomic mass is 10.1. The molecule has 3 N–H and O–H groups in total. The lowest BCUT2D eigenvalue weighted by Crippen LogP contribution is -2.13. The molecule has 0 heterocycles. The molecule has 0 spiro atoms. The first-order valence-electron chi connectivity index (χ1n) is 5.71. The van der Waals surface area contributed by atoms with Crippen molar-refractivity contribution in [1.29, 1.82) is 0 Å². The summed E-state index contributed by atoms with van der Waals surface area (Å²) in [6.45, 7) is 1.54. The summed E-state index contributed by atoms with van der Waals surface area (Å²) < 4.78 is 41.0. The van der Waals surface area contributed by atoms with Crippen molar-refractivity contribution in [3.63, 3.8) is 0 Å². The predicted octanol–water partition coefficient (Wildman–Crippen LogP) is 3.79. The van der Waals surface area contributed by atoms with E-state index in [1.807, 2.05) is 0 Å². The van der Waals surface area contributed by atoms with Crippen LogP contribution in [0.1, 0.15) is 11.1 Å². The Morgan fingerprint density at radius 1 is 1.05 bits per heavy atom. The minimum absolute atomic E-state index is 0.115. The zero-order chi connectivity index (χ0) is 14.9. The number of nitrogens with two attached hydrogens (primary N) is 1. The highest BCUT2D eigenvalue weighted by Gasteiger charge is 2.15. The summed E-state index contributed by atoms with van der Waals surface area (Å²) in [4.78, 5) is -0.227. The van der Waals surface area contributed by atoms with Gasteiger partial charge in [0, 0.05) is 16.8 Å². The van der Waals surface area contributed by atoms with Gasteiger partial charge in [-0.2, -0.15) is 0 Å². The van der Waals surface area contributed by atoms with Gasteiger partial charge in [-0.3, -0.25) is 0 Å². The number of benzene rings is 2. The van der Waals surface area contributed by atoms with Crippen molar-refractivity contribution in [1.82, 2.24) is 0 Å². The Morgan fingerprint density at radius 2 is 1.75 bits per heavy atom. The molecule has 6 heteroatoms.